The number of esters is 1. The number of nitrogens with zero attached hydrogens (tertiary/aromatic N) is 1. The maximum Gasteiger partial charge on any atom is 0.401 e. The maximum atomic E-state index is 13.1. The molecule has 1 unspecified atom stereocenters. The zero-order chi connectivity index (χ0) is 14.1. The predicted octanol–water partition coefficient (Wildman–Crippen LogP) is 2.53. The molecule has 104 valence electrons. The first kappa shape index (κ1) is 14.8. The Balaban J connectivity index is 3.13. The van der Waals surface area contributed by atoms with E-state index in [1.165, 1.54) is 6.92 Å². The number of hydrogen-bond donors (Lipinski definition) is 0. The molecule has 0 N–H and O–H groups in total. The first-order valence-electron chi connectivity index (χ1n) is 5.64. The van der Waals surface area contributed by atoms with Crippen LogP contribution >= 0.6 is 0 Å². The van der Waals surface area contributed by atoms with Crippen molar-refractivity contribution in [2.24, 2.45) is 17.0 Å². The lowest BCUT2D eigenvalue weighted by Crippen LogP contribution is -2.52. The van der Waals surface area contributed by atoms with Gasteiger partial charge in [0, 0.05) is 0 Å². The van der Waals surface area contributed by atoms with E-state index in [1.807, 2.05) is 0 Å². The summed E-state index contributed by atoms with van der Waals surface area (Å²) in [4.78, 5) is 16.4. The lowest BCUT2D eigenvalue weighted by molar-refractivity contribution is -0.214. The van der Waals surface area contributed by atoms with E-state index in [1.54, 1.807) is 13.8 Å². The summed E-state index contributed by atoms with van der Waals surface area (Å²) in [5, 5.41) is 3.44. The van der Waals surface area contributed by atoms with Gasteiger partial charge in [0.2, 0.25) is 5.60 Å². The van der Waals surface area contributed by atoms with Gasteiger partial charge < -0.3 is 9.57 Å². The number of rotatable bonds is 3. The van der Waals surface area contributed by atoms with Gasteiger partial charge >= 0.3 is 12.1 Å². The summed E-state index contributed by atoms with van der Waals surface area (Å²) < 4.78 is 43.9. The lowest BCUT2D eigenvalue weighted by Gasteiger charge is -2.29. The van der Waals surface area contributed by atoms with E-state index in [9.17, 15) is 18.0 Å². The third-order valence-electron chi connectivity index (χ3n) is 2.79. The molecule has 0 aliphatic carbocycles. The van der Waals surface area contributed by atoms with Crippen molar-refractivity contribution in [3.8, 4) is 0 Å². The van der Waals surface area contributed by atoms with Crippen LogP contribution < -0.4 is 0 Å². The Kier molecular flexibility index (Phi) is 3.92. The second-order valence-electron chi connectivity index (χ2n) is 4.56. The fourth-order valence-corrected chi connectivity index (χ4v) is 1.88. The Morgan fingerprint density at radius 3 is 2.50 bits per heavy atom. The summed E-state index contributed by atoms with van der Waals surface area (Å²) in [7, 11) is 0. The van der Waals surface area contributed by atoms with Gasteiger partial charge in [-0.2, -0.15) is 13.2 Å². The van der Waals surface area contributed by atoms with Crippen LogP contribution in [0.25, 0.3) is 0 Å². The number of oxime groups is 1. The van der Waals surface area contributed by atoms with E-state index in [0.717, 1.165) is 6.92 Å². The lowest BCUT2D eigenvalue weighted by atomic mass is 9.81. The van der Waals surface area contributed by atoms with E-state index in [0.29, 0.717) is 0 Å². The van der Waals surface area contributed by atoms with Gasteiger partial charge in [0.05, 0.1) is 12.3 Å². The smallest absolute Gasteiger partial charge is 0.401 e. The van der Waals surface area contributed by atoms with E-state index in [-0.39, 0.29) is 12.3 Å². The van der Waals surface area contributed by atoms with Gasteiger partial charge in [0.15, 0.2) is 0 Å². The van der Waals surface area contributed by atoms with Gasteiger partial charge in [-0.25, -0.2) is 4.79 Å². The molecule has 0 aromatic heterocycles. The third kappa shape index (κ3) is 2.44. The zero-order valence-corrected chi connectivity index (χ0v) is 10.7. The molecule has 0 amide bonds. The summed E-state index contributed by atoms with van der Waals surface area (Å²) in [5.74, 6) is -3.58. The standard InChI is InChI=1S/C11H16F3NO3/c1-5-17-9(16)10(4)8(11(12,13)14)7(6(2)3)15-18-10/h6,8H,5H2,1-4H3/t8?,10-/m0/s1. The van der Waals surface area contributed by atoms with Gasteiger partial charge in [-0.05, 0) is 19.8 Å². The number of alkyl halides is 3. The first-order valence-corrected chi connectivity index (χ1v) is 5.64. The summed E-state index contributed by atoms with van der Waals surface area (Å²) in [6.45, 7) is 5.69. The minimum atomic E-state index is -4.61. The molecule has 1 heterocycles. The molecule has 7 heteroatoms. The molecule has 0 radical (unpaired) electrons. The molecule has 1 aliphatic rings. The molecular weight excluding hydrogens is 251 g/mol. The molecule has 0 bridgehead atoms. The molecule has 18 heavy (non-hydrogen) atoms. The van der Waals surface area contributed by atoms with Crippen molar-refractivity contribution in [3.05, 3.63) is 0 Å². The van der Waals surface area contributed by atoms with E-state index < -0.39 is 29.6 Å². The fourth-order valence-electron chi connectivity index (χ4n) is 1.88. The highest BCUT2D eigenvalue weighted by Crippen LogP contribution is 2.44. The van der Waals surface area contributed by atoms with Crippen molar-refractivity contribution in [2.75, 3.05) is 6.61 Å². The van der Waals surface area contributed by atoms with E-state index >= 15 is 0 Å². The topological polar surface area (TPSA) is 47.9 Å². The Hall–Kier alpha value is -1.27. The fraction of sp³-hybridized carbons (Fsp3) is 0.818. The second kappa shape index (κ2) is 4.78. The van der Waals surface area contributed by atoms with E-state index in [2.05, 4.69) is 9.89 Å². The van der Waals surface area contributed by atoms with Crippen molar-refractivity contribution >= 4 is 11.7 Å². The van der Waals surface area contributed by atoms with Crippen LogP contribution in [0.4, 0.5) is 13.2 Å². The average molecular weight is 267 g/mol. The van der Waals surface area contributed by atoms with Gasteiger partial charge in [0.25, 0.3) is 0 Å². The summed E-state index contributed by atoms with van der Waals surface area (Å²) in [6.07, 6.45) is -4.61. The van der Waals surface area contributed by atoms with Crippen LogP contribution in [0.2, 0.25) is 0 Å². The highest BCUT2D eigenvalue weighted by Gasteiger charge is 2.64. The normalized spacial score (nSPS) is 28.0. The van der Waals surface area contributed by atoms with Crippen LogP contribution in [0, 0.1) is 11.8 Å². The van der Waals surface area contributed by atoms with Gasteiger partial charge in [-0.15, -0.1) is 0 Å². The summed E-state index contributed by atoms with van der Waals surface area (Å²) in [5.41, 5.74) is -2.31. The highest BCUT2D eigenvalue weighted by molar-refractivity contribution is 5.97. The molecule has 0 fully saturated rings. The van der Waals surface area contributed by atoms with Crippen LogP contribution in [-0.2, 0) is 14.4 Å². The van der Waals surface area contributed by atoms with E-state index in [4.69, 9.17) is 4.84 Å². The monoisotopic (exact) mass is 267 g/mol. The maximum absolute atomic E-state index is 13.1. The number of halogens is 3. The average Bonchev–Trinajstić information content (AvgIpc) is 2.57. The van der Waals surface area contributed by atoms with Crippen LogP contribution in [0.15, 0.2) is 5.16 Å². The molecule has 0 saturated carbocycles. The van der Waals surface area contributed by atoms with Crippen LogP contribution in [0.5, 0.6) is 0 Å². The van der Waals surface area contributed by atoms with Gasteiger partial charge in [-0.1, -0.05) is 19.0 Å². The molecule has 0 aromatic carbocycles. The minimum Gasteiger partial charge on any atom is -0.463 e. The van der Waals surface area contributed by atoms with Crippen LogP contribution in [0.1, 0.15) is 27.7 Å². The van der Waals surface area contributed by atoms with Crippen LogP contribution in [0.3, 0.4) is 0 Å². The minimum absolute atomic E-state index is 0.0145. The number of ether oxygens (including phenoxy) is 1. The molecule has 2 atom stereocenters. The quantitative estimate of drug-likeness (QED) is 0.738. The van der Waals surface area contributed by atoms with Crippen molar-refractivity contribution in [2.45, 2.75) is 39.5 Å². The zero-order valence-electron chi connectivity index (χ0n) is 10.7. The van der Waals surface area contributed by atoms with Crippen molar-refractivity contribution in [1.82, 2.24) is 0 Å². The SMILES string of the molecule is CCOC(=O)[C@@]1(C)ON=C(C(C)C)C1C(F)(F)F. The Bertz CT molecular complexity index is 365. The Labute approximate surface area is 103 Å². The third-order valence-corrected chi connectivity index (χ3v) is 2.79. The molecule has 0 spiro atoms. The van der Waals surface area contributed by atoms with Gasteiger partial charge in [0.1, 0.15) is 5.92 Å². The summed E-state index contributed by atoms with van der Waals surface area (Å²) >= 11 is 0. The van der Waals surface area contributed by atoms with Crippen molar-refractivity contribution in [1.29, 1.82) is 0 Å². The number of carbonyl (C=O) groups excluding carboxylic acids is 1. The Morgan fingerprint density at radius 1 is 1.56 bits per heavy atom. The molecular formula is C11H16F3NO3. The molecule has 1 rings (SSSR count). The molecule has 0 saturated heterocycles. The second-order valence-corrected chi connectivity index (χ2v) is 4.56. The highest BCUT2D eigenvalue weighted by atomic mass is 19.4. The Morgan fingerprint density at radius 2 is 2.11 bits per heavy atom. The first-order chi connectivity index (χ1) is 8.14. The molecule has 4 nitrogen and oxygen atoms in total. The molecule has 1 aliphatic heterocycles. The van der Waals surface area contributed by atoms with Crippen LogP contribution in [-0.4, -0.2) is 30.1 Å². The largest absolute Gasteiger partial charge is 0.463 e. The van der Waals surface area contributed by atoms with Gasteiger partial charge in [-0.3, -0.25) is 0 Å². The number of hydrogen-bond acceptors (Lipinski definition) is 4. The summed E-state index contributed by atoms with van der Waals surface area (Å²) in [6, 6.07) is 0. The van der Waals surface area contributed by atoms with Crippen molar-refractivity contribution in [3.63, 3.8) is 0 Å². The van der Waals surface area contributed by atoms with Crippen molar-refractivity contribution < 1.29 is 27.5 Å². The predicted molar refractivity (Wildman–Crippen MR) is 57.9 cm³/mol. The molecule has 0 aromatic rings. The number of carbonyl (C=O) groups is 1.